The average Bonchev–Trinajstić information content (AvgIpc) is 2.83. The molecule has 2 nitrogen and oxygen atoms in total. The van der Waals surface area contributed by atoms with Gasteiger partial charge < -0.3 is 28.9 Å². The number of anilines is 1. The van der Waals surface area contributed by atoms with E-state index in [0.29, 0.717) is 0 Å². The third-order valence-electron chi connectivity index (χ3n) is 3.90. The van der Waals surface area contributed by atoms with Crippen LogP contribution in [0.15, 0.2) is 54.6 Å². The van der Waals surface area contributed by atoms with Gasteiger partial charge in [-0.3, -0.25) is 0 Å². The van der Waals surface area contributed by atoms with E-state index in [1.165, 1.54) is 32.4 Å². The highest BCUT2D eigenvalue weighted by molar-refractivity contribution is 7.14. The summed E-state index contributed by atoms with van der Waals surface area (Å²) in [5, 5.41) is 1.29. The molecule has 0 bridgehead atoms. The van der Waals surface area contributed by atoms with Gasteiger partial charge in [-0.2, -0.15) is 4.57 Å². The Morgan fingerprint density at radius 2 is 1.48 bits per heavy atom. The lowest BCUT2D eigenvalue weighted by atomic mass is 10.1. The van der Waals surface area contributed by atoms with E-state index in [0.717, 1.165) is 0 Å². The molecule has 3 rings (SSSR count). The van der Waals surface area contributed by atoms with E-state index in [1.54, 1.807) is 0 Å². The molecule has 4 heteroatoms. The maximum atomic E-state index is 2.31. The minimum absolute atomic E-state index is 0. The first-order valence-electron chi connectivity index (χ1n) is 7.40. The number of aryl methyl sites for hydroxylation is 1. The molecule has 1 heterocycles. The molecule has 0 aliphatic heterocycles. The van der Waals surface area contributed by atoms with Crippen LogP contribution in [0.2, 0.25) is 0 Å². The highest BCUT2D eigenvalue weighted by atomic mass is 127. The summed E-state index contributed by atoms with van der Waals surface area (Å²) in [6.45, 7) is 2.20. The summed E-state index contributed by atoms with van der Waals surface area (Å²) in [6, 6.07) is 19.4. The summed E-state index contributed by atoms with van der Waals surface area (Å²) in [5.41, 5.74) is 5.07. The van der Waals surface area contributed by atoms with Gasteiger partial charge in [0.1, 0.15) is 7.05 Å². The Balaban J connectivity index is 0.00000192. The fourth-order valence-corrected chi connectivity index (χ4v) is 3.87. The van der Waals surface area contributed by atoms with Gasteiger partial charge in [-0.05, 0) is 43.3 Å². The Bertz CT molecular complexity index is 777. The molecule has 120 valence electrons. The molecular weight excluding hydrogens is 415 g/mol. The number of rotatable bonds is 3. The maximum Gasteiger partial charge on any atom is 0.269 e. The van der Waals surface area contributed by atoms with Crippen molar-refractivity contribution in [2.45, 2.75) is 6.92 Å². The van der Waals surface area contributed by atoms with Crippen LogP contribution in [0.3, 0.4) is 0 Å². The van der Waals surface area contributed by atoms with Gasteiger partial charge in [-0.25, -0.2) is 0 Å². The number of thiazole rings is 1. The smallest absolute Gasteiger partial charge is 0.269 e. The molecule has 0 spiro atoms. The van der Waals surface area contributed by atoms with Crippen molar-refractivity contribution in [3.63, 3.8) is 0 Å². The first kappa shape index (κ1) is 17.9. The van der Waals surface area contributed by atoms with Crippen molar-refractivity contribution in [1.82, 2.24) is 0 Å². The van der Waals surface area contributed by atoms with Gasteiger partial charge in [0.05, 0.1) is 10.4 Å². The summed E-state index contributed by atoms with van der Waals surface area (Å²) >= 11 is 1.85. The van der Waals surface area contributed by atoms with Gasteiger partial charge in [0, 0.05) is 25.3 Å². The van der Waals surface area contributed by atoms with Gasteiger partial charge in [-0.1, -0.05) is 29.5 Å². The second-order valence-corrected chi connectivity index (χ2v) is 6.88. The molecule has 0 saturated carbocycles. The topological polar surface area (TPSA) is 7.12 Å². The van der Waals surface area contributed by atoms with E-state index in [2.05, 4.69) is 92.1 Å². The van der Waals surface area contributed by atoms with E-state index < -0.39 is 0 Å². The third-order valence-corrected chi connectivity index (χ3v) is 5.10. The molecule has 0 atom stereocenters. The van der Waals surface area contributed by atoms with Crippen LogP contribution in [0.1, 0.15) is 4.88 Å². The molecule has 0 radical (unpaired) electrons. The van der Waals surface area contributed by atoms with Crippen LogP contribution in [0, 0.1) is 6.92 Å². The Hall–Kier alpha value is -1.40. The highest BCUT2D eigenvalue weighted by Gasteiger charge is 2.23. The first-order valence-corrected chi connectivity index (χ1v) is 8.22. The predicted molar refractivity (Wildman–Crippen MR) is 95.4 cm³/mol. The normalized spacial score (nSPS) is 10.3. The Labute approximate surface area is 159 Å². The average molecular weight is 436 g/mol. The van der Waals surface area contributed by atoms with E-state index in [1.807, 2.05) is 11.3 Å². The van der Waals surface area contributed by atoms with Gasteiger partial charge in [-0.15, -0.1) is 0 Å². The number of halogens is 1. The van der Waals surface area contributed by atoms with E-state index >= 15 is 0 Å². The summed E-state index contributed by atoms with van der Waals surface area (Å²) in [6.07, 6.45) is 0. The molecule has 1 aromatic heterocycles. The van der Waals surface area contributed by atoms with Crippen molar-refractivity contribution in [2.24, 2.45) is 7.05 Å². The summed E-state index contributed by atoms with van der Waals surface area (Å²) in [7, 11) is 6.29. The molecule has 0 aliphatic rings. The zero-order chi connectivity index (χ0) is 15.7. The lowest BCUT2D eigenvalue weighted by Gasteiger charge is -2.11. The van der Waals surface area contributed by atoms with Crippen molar-refractivity contribution in [3.05, 3.63) is 59.5 Å². The van der Waals surface area contributed by atoms with Gasteiger partial charge in [0.2, 0.25) is 5.69 Å². The van der Waals surface area contributed by atoms with Crippen LogP contribution in [-0.4, -0.2) is 14.1 Å². The quantitative estimate of drug-likeness (QED) is 0.444. The Morgan fingerprint density at radius 1 is 0.870 bits per heavy atom. The van der Waals surface area contributed by atoms with Crippen LogP contribution >= 0.6 is 11.3 Å². The van der Waals surface area contributed by atoms with Crippen molar-refractivity contribution < 1.29 is 28.5 Å². The largest absolute Gasteiger partial charge is 1.00 e. The van der Waals surface area contributed by atoms with Gasteiger partial charge >= 0.3 is 0 Å². The third kappa shape index (κ3) is 3.58. The van der Waals surface area contributed by atoms with E-state index in [4.69, 9.17) is 0 Å². The summed E-state index contributed by atoms with van der Waals surface area (Å²) in [4.78, 5) is 3.47. The molecular formula is C19H21IN2S. The Kier molecular flexibility index (Phi) is 5.81. The summed E-state index contributed by atoms with van der Waals surface area (Å²) < 4.78 is 2.31. The highest BCUT2D eigenvalue weighted by Crippen LogP contribution is 2.31. The minimum Gasteiger partial charge on any atom is -1.00 e. The Morgan fingerprint density at radius 3 is 2.04 bits per heavy atom. The lowest BCUT2D eigenvalue weighted by molar-refractivity contribution is -0.645. The molecule has 2 aromatic carbocycles. The fraction of sp³-hybridized carbons (Fsp3) is 0.211. The first-order chi connectivity index (χ1) is 10.6. The van der Waals surface area contributed by atoms with Crippen molar-refractivity contribution in [3.8, 4) is 21.8 Å². The van der Waals surface area contributed by atoms with Crippen LogP contribution in [-0.2, 0) is 7.05 Å². The molecule has 23 heavy (non-hydrogen) atoms. The summed E-state index contributed by atoms with van der Waals surface area (Å²) in [5.74, 6) is 0. The van der Waals surface area contributed by atoms with Crippen molar-refractivity contribution >= 4 is 17.0 Å². The van der Waals surface area contributed by atoms with Crippen molar-refractivity contribution in [1.29, 1.82) is 0 Å². The maximum absolute atomic E-state index is 2.31. The SMILES string of the molecule is Cc1sc(-c2ccc(N(C)C)cc2)[n+](C)c1-c1ccccc1.[I-]. The van der Waals surface area contributed by atoms with E-state index in [-0.39, 0.29) is 24.0 Å². The second-order valence-electron chi connectivity index (χ2n) is 5.68. The van der Waals surface area contributed by atoms with Crippen LogP contribution in [0.4, 0.5) is 5.69 Å². The lowest BCUT2D eigenvalue weighted by Crippen LogP contribution is -3.00. The molecule has 0 saturated heterocycles. The number of nitrogens with zero attached hydrogens (tertiary/aromatic N) is 2. The molecule has 0 fully saturated rings. The predicted octanol–water partition coefficient (Wildman–Crippen LogP) is 1.29. The van der Waals surface area contributed by atoms with Crippen LogP contribution < -0.4 is 33.4 Å². The van der Waals surface area contributed by atoms with Crippen molar-refractivity contribution in [2.75, 3.05) is 19.0 Å². The molecule has 0 unspecified atom stereocenters. The monoisotopic (exact) mass is 436 g/mol. The minimum atomic E-state index is 0. The van der Waals surface area contributed by atoms with Crippen LogP contribution in [0.25, 0.3) is 21.8 Å². The number of hydrogen-bond acceptors (Lipinski definition) is 2. The number of aromatic nitrogens is 1. The number of benzene rings is 2. The molecule has 0 aliphatic carbocycles. The fourth-order valence-electron chi connectivity index (χ4n) is 2.75. The zero-order valence-corrected chi connectivity index (χ0v) is 16.9. The van der Waals surface area contributed by atoms with E-state index in [9.17, 15) is 0 Å². The molecule has 3 aromatic rings. The number of hydrogen-bond donors (Lipinski definition) is 0. The van der Waals surface area contributed by atoms with Gasteiger partial charge in [0.15, 0.2) is 0 Å². The molecule has 0 amide bonds. The zero-order valence-electron chi connectivity index (χ0n) is 13.9. The standard InChI is InChI=1S/C19H21N2S.HI/c1-14-18(15-8-6-5-7-9-15)21(4)19(22-14)16-10-12-17(13-11-16)20(2)3;/h5-13H,1-4H3;1H/q+1;/p-1. The second kappa shape index (κ2) is 7.45. The van der Waals surface area contributed by atoms with Gasteiger partial charge in [0.25, 0.3) is 5.01 Å². The van der Waals surface area contributed by atoms with Crippen LogP contribution in [0.5, 0.6) is 0 Å². The molecule has 0 N–H and O–H groups in total.